The van der Waals surface area contributed by atoms with Crippen LogP contribution in [0.3, 0.4) is 0 Å². The average Bonchev–Trinajstić information content (AvgIpc) is 3.64. The number of alkyl halides is 3. The summed E-state index contributed by atoms with van der Waals surface area (Å²) in [6, 6.07) is 5.11. The van der Waals surface area contributed by atoms with Crippen LogP contribution in [0.2, 0.25) is 0 Å². The van der Waals surface area contributed by atoms with E-state index >= 15 is 0 Å². The van der Waals surface area contributed by atoms with E-state index in [0.717, 1.165) is 35.9 Å². The van der Waals surface area contributed by atoms with Crippen LogP contribution in [0.5, 0.6) is 0 Å². The fraction of sp³-hybridized carbons (Fsp3) is 0.448. The fourth-order valence-corrected chi connectivity index (χ4v) is 6.15. The van der Waals surface area contributed by atoms with Gasteiger partial charge in [0.1, 0.15) is 16.9 Å². The Hall–Kier alpha value is -4.09. The number of carbonyl (C=O) groups is 1. The molecule has 1 unspecified atom stereocenters. The summed E-state index contributed by atoms with van der Waals surface area (Å²) in [5, 5.41) is 7.81. The Balaban J connectivity index is 1.32. The third kappa shape index (κ3) is 4.89. The lowest BCUT2D eigenvalue weighted by Crippen LogP contribution is -2.42. The topological polar surface area (TPSA) is 109 Å². The molecule has 2 aliphatic heterocycles. The van der Waals surface area contributed by atoms with Gasteiger partial charge in [-0.25, -0.2) is 14.8 Å². The number of nitrogens with zero attached hydrogens (tertiary/aromatic N) is 4. The van der Waals surface area contributed by atoms with Gasteiger partial charge in [-0.3, -0.25) is 0 Å². The first-order valence-corrected chi connectivity index (χ1v) is 13.6. The van der Waals surface area contributed by atoms with Crippen LogP contribution < -0.4 is 5.32 Å². The van der Waals surface area contributed by atoms with Gasteiger partial charge in [-0.1, -0.05) is 17.3 Å². The molecule has 0 aliphatic carbocycles. The van der Waals surface area contributed by atoms with Crippen molar-refractivity contribution in [1.82, 2.24) is 25.0 Å². The van der Waals surface area contributed by atoms with E-state index < -0.39 is 17.3 Å². The van der Waals surface area contributed by atoms with Gasteiger partial charge in [-0.2, -0.15) is 13.2 Å². The van der Waals surface area contributed by atoms with Crippen molar-refractivity contribution in [2.24, 2.45) is 0 Å². The highest BCUT2D eigenvalue weighted by molar-refractivity contribution is 5.97. The molecule has 2 bridgehead atoms. The summed E-state index contributed by atoms with van der Waals surface area (Å²) >= 11 is 0. The molecule has 5 heterocycles. The van der Waals surface area contributed by atoms with Gasteiger partial charge in [0.2, 0.25) is 5.95 Å². The number of benzene rings is 1. The Morgan fingerprint density at radius 1 is 1.20 bits per heavy atom. The predicted octanol–water partition coefficient (Wildman–Crippen LogP) is 6.87. The maximum absolute atomic E-state index is 14.1. The molecule has 4 aromatic rings. The maximum atomic E-state index is 14.1. The molecule has 1 aromatic carbocycles. The molecule has 9 nitrogen and oxygen atoms in total. The molecule has 3 atom stereocenters. The zero-order valence-corrected chi connectivity index (χ0v) is 23.4. The number of aromatic nitrogens is 4. The van der Waals surface area contributed by atoms with Crippen LogP contribution in [0.25, 0.3) is 33.3 Å². The van der Waals surface area contributed by atoms with Crippen molar-refractivity contribution in [3.8, 4) is 22.4 Å². The molecule has 12 heteroatoms. The minimum absolute atomic E-state index is 0.00165. The Morgan fingerprint density at radius 3 is 2.66 bits per heavy atom. The SMILES string of the molecule is Cc1noc(C)c1-c1ccc2c(-c3nc(NC4C[C@H]5CC[C@@H]4N5C(=O)OC(C)(C)C)ncc3C(F)(F)F)c[nH]c2c1. The minimum atomic E-state index is -4.66. The summed E-state index contributed by atoms with van der Waals surface area (Å²) in [5.41, 5.74) is 1.60. The van der Waals surface area contributed by atoms with Crippen LogP contribution >= 0.6 is 0 Å². The molecular weight excluding hydrogens is 537 g/mol. The Kier molecular flexibility index (Phi) is 6.27. The average molecular weight is 569 g/mol. The van der Waals surface area contributed by atoms with Crippen molar-refractivity contribution in [2.45, 2.75) is 83.8 Å². The second kappa shape index (κ2) is 9.49. The van der Waals surface area contributed by atoms with E-state index in [1.807, 2.05) is 46.8 Å². The van der Waals surface area contributed by atoms with E-state index in [4.69, 9.17) is 9.26 Å². The fourth-order valence-electron chi connectivity index (χ4n) is 6.15. The molecule has 3 aromatic heterocycles. The maximum Gasteiger partial charge on any atom is 0.419 e. The lowest BCUT2D eigenvalue weighted by atomic mass is 9.96. The number of nitrogens with one attached hydrogen (secondary N) is 2. The summed E-state index contributed by atoms with van der Waals surface area (Å²) in [6.45, 7) is 9.10. The van der Waals surface area contributed by atoms with Crippen LogP contribution in [0, 0.1) is 13.8 Å². The number of anilines is 1. The van der Waals surface area contributed by atoms with Gasteiger partial charge in [0.25, 0.3) is 0 Å². The molecule has 2 fully saturated rings. The number of fused-ring (bicyclic) bond motifs is 3. The number of carbonyl (C=O) groups excluding carboxylic acids is 1. The Labute approximate surface area is 234 Å². The van der Waals surface area contributed by atoms with Crippen molar-refractivity contribution in [2.75, 3.05) is 5.32 Å². The number of H-pyrrole nitrogens is 1. The second-order valence-electron chi connectivity index (χ2n) is 11.8. The summed E-state index contributed by atoms with van der Waals surface area (Å²) in [6.07, 6.45) is -0.420. The largest absolute Gasteiger partial charge is 0.444 e. The van der Waals surface area contributed by atoms with Crippen molar-refractivity contribution in [1.29, 1.82) is 0 Å². The molecule has 2 aliphatic rings. The van der Waals surface area contributed by atoms with E-state index in [9.17, 15) is 18.0 Å². The lowest BCUT2D eigenvalue weighted by molar-refractivity contribution is -0.137. The van der Waals surface area contributed by atoms with Crippen LogP contribution in [0.15, 0.2) is 35.1 Å². The first kappa shape index (κ1) is 27.1. The molecule has 0 radical (unpaired) electrons. The van der Waals surface area contributed by atoms with Gasteiger partial charge in [0.05, 0.1) is 23.5 Å². The number of aromatic amines is 1. The summed E-state index contributed by atoms with van der Waals surface area (Å²) in [5.74, 6) is 0.738. The third-order valence-electron chi connectivity index (χ3n) is 7.81. The monoisotopic (exact) mass is 568 g/mol. The summed E-state index contributed by atoms with van der Waals surface area (Å²) < 4.78 is 53.3. The summed E-state index contributed by atoms with van der Waals surface area (Å²) in [7, 11) is 0. The molecule has 0 spiro atoms. The van der Waals surface area contributed by atoms with Gasteiger partial charge in [-0.05, 0) is 65.5 Å². The first-order chi connectivity index (χ1) is 19.3. The van der Waals surface area contributed by atoms with Crippen LogP contribution in [0.4, 0.5) is 23.9 Å². The van der Waals surface area contributed by atoms with Crippen LogP contribution in [0.1, 0.15) is 57.1 Å². The van der Waals surface area contributed by atoms with E-state index in [-0.39, 0.29) is 35.9 Å². The van der Waals surface area contributed by atoms with Crippen LogP contribution in [-0.4, -0.2) is 54.8 Å². The Bertz CT molecular complexity index is 1620. The molecule has 6 rings (SSSR count). The molecule has 0 saturated carbocycles. The Morgan fingerprint density at radius 2 is 1.98 bits per heavy atom. The number of ether oxygens (including phenoxy) is 1. The number of rotatable bonds is 4. The molecule has 41 heavy (non-hydrogen) atoms. The van der Waals surface area contributed by atoms with Gasteiger partial charge >= 0.3 is 12.3 Å². The first-order valence-electron chi connectivity index (χ1n) is 13.6. The molecule has 1 amide bonds. The van der Waals surface area contributed by atoms with Gasteiger partial charge in [-0.15, -0.1) is 0 Å². The van der Waals surface area contributed by atoms with E-state index in [1.165, 1.54) is 6.20 Å². The molecule has 2 N–H and O–H groups in total. The second-order valence-corrected chi connectivity index (χ2v) is 11.8. The predicted molar refractivity (Wildman–Crippen MR) is 146 cm³/mol. The molecule has 216 valence electrons. The van der Waals surface area contributed by atoms with Gasteiger partial charge in [0.15, 0.2) is 0 Å². The van der Waals surface area contributed by atoms with E-state index in [0.29, 0.717) is 28.6 Å². The number of hydrogen-bond acceptors (Lipinski definition) is 7. The molecule has 2 saturated heterocycles. The highest BCUT2D eigenvalue weighted by atomic mass is 19.4. The van der Waals surface area contributed by atoms with Gasteiger partial charge in [0, 0.05) is 40.5 Å². The number of halogens is 3. The number of hydrogen-bond donors (Lipinski definition) is 2. The highest BCUT2D eigenvalue weighted by Crippen LogP contribution is 2.42. The quantitative estimate of drug-likeness (QED) is 0.277. The van der Waals surface area contributed by atoms with E-state index in [2.05, 4.69) is 25.4 Å². The van der Waals surface area contributed by atoms with Crippen molar-refractivity contribution >= 4 is 22.9 Å². The van der Waals surface area contributed by atoms with Crippen molar-refractivity contribution in [3.05, 3.63) is 47.6 Å². The molecular formula is C29H31F3N6O3. The van der Waals surface area contributed by atoms with Crippen LogP contribution in [-0.2, 0) is 10.9 Å². The summed E-state index contributed by atoms with van der Waals surface area (Å²) in [4.78, 5) is 26.1. The standard InChI is InChI=1S/C29H31F3N6O3/c1-14-24(15(2)41-37-14)16-6-8-18-19(12-33-21(18)10-16)25-20(29(30,31)32)13-34-26(36-25)35-22-11-17-7-9-23(22)38(17)27(39)40-28(3,4)5/h6,8,10,12-13,17,22-23,33H,7,9,11H2,1-5H3,(H,34,35,36)/t17-,22?,23+/m1/s1. The van der Waals surface area contributed by atoms with Crippen molar-refractivity contribution < 1.29 is 27.2 Å². The lowest BCUT2D eigenvalue weighted by Gasteiger charge is -2.28. The van der Waals surface area contributed by atoms with E-state index in [1.54, 1.807) is 11.0 Å². The smallest absolute Gasteiger partial charge is 0.419 e. The van der Waals surface area contributed by atoms with Crippen molar-refractivity contribution in [3.63, 3.8) is 0 Å². The van der Waals surface area contributed by atoms with Gasteiger partial charge < -0.3 is 24.5 Å². The number of amides is 1. The normalized spacial score (nSPS) is 20.7. The number of aryl methyl sites for hydroxylation is 2. The third-order valence-corrected chi connectivity index (χ3v) is 7.81. The zero-order valence-electron chi connectivity index (χ0n) is 23.4. The zero-order chi connectivity index (χ0) is 29.3. The highest BCUT2D eigenvalue weighted by Gasteiger charge is 2.50. The minimum Gasteiger partial charge on any atom is -0.444 e.